The van der Waals surface area contributed by atoms with Crippen molar-refractivity contribution in [2.75, 3.05) is 6.61 Å². The molecule has 1 unspecified atom stereocenters. The van der Waals surface area contributed by atoms with Gasteiger partial charge in [-0.1, -0.05) is 84.9 Å². The fraction of sp³-hybridized carbons (Fsp3) is 0.278. The highest BCUT2D eigenvalue weighted by Crippen LogP contribution is 2.26. The maximum absolute atomic E-state index is 13.6. The Bertz CT molecular complexity index is 1550. The third kappa shape index (κ3) is 8.77. The van der Waals surface area contributed by atoms with Crippen molar-refractivity contribution in [3.05, 3.63) is 127 Å². The van der Waals surface area contributed by atoms with Crippen LogP contribution in [0.2, 0.25) is 0 Å². The predicted octanol–water partition coefficient (Wildman–Crippen LogP) is 5.39. The molecule has 0 saturated heterocycles. The van der Waals surface area contributed by atoms with Crippen LogP contribution in [-0.4, -0.2) is 40.5 Å². The Morgan fingerprint density at radius 1 is 0.867 bits per heavy atom. The van der Waals surface area contributed by atoms with Crippen LogP contribution in [-0.2, 0) is 25.5 Å². The Morgan fingerprint density at radius 2 is 1.47 bits per heavy atom. The fourth-order valence-electron chi connectivity index (χ4n) is 5.10. The van der Waals surface area contributed by atoms with Crippen molar-refractivity contribution in [1.29, 1.82) is 0 Å². The van der Waals surface area contributed by atoms with E-state index < -0.39 is 47.8 Å². The Morgan fingerprint density at radius 3 is 2.09 bits per heavy atom. The van der Waals surface area contributed by atoms with Gasteiger partial charge in [-0.25, -0.2) is 4.98 Å². The van der Waals surface area contributed by atoms with E-state index in [9.17, 15) is 19.5 Å². The predicted molar refractivity (Wildman–Crippen MR) is 172 cm³/mol. The molecular weight excluding hydrogens is 570 g/mol. The zero-order valence-electron chi connectivity index (χ0n) is 25.3. The lowest BCUT2D eigenvalue weighted by Crippen LogP contribution is -2.47. The van der Waals surface area contributed by atoms with Gasteiger partial charge in [0.15, 0.2) is 11.5 Å². The minimum atomic E-state index is -1.12. The molecule has 0 aliphatic heterocycles. The summed E-state index contributed by atoms with van der Waals surface area (Å²) >= 11 is 0. The number of aliphatic hydroxyl groups is 1. The highest BCUT2D eigenvalue weighted by atomic mass is 16.5. The van der Waals surface area contributed by atoms with Crippen LogP contribution < -0.4 is 10.6 Å². The van der Waals surface area contributed by atoms with E-state index in [4.69, 9.17) is 9.15 Å². The van der Waals surface area contributed by atoms with Crippen molar-refractivity contribution in [3.8, 4) is 0 Å². The first kappa shape index (κ1) is 32.9. The van der Waals surface area contributed by atoms with Crippen molar-refractivity contribution in [1.82, 2.24) is 15.6 Å². The van der Waals surface area contributed by atoms with Gasteiger partial charge < -0.3 is 24.9 Å². The molecule has 9 heteroatoms. The zero-order valence-corrected chi connectivity index (χ0v) is 25.3. The number of nitrogens with one attached hydrogen (secondary N) is 2. The summed E-state index contributed by atoms with van der Waals surface area (Å²) in [6, 6.07) is 24.1. The summed E-state index contributed by atoms with van der Waals surface area (Å²) in [4.78, 5) is 44.9. The van der Waals surface area contributed by atoms with E-state index in [2.05, 4.69) is 28.8 Å². The molecule has 1 heterocycles. The first-order chi connectivity index (χ1) is 21.8. The number of oxazole rings is 1. The quantitative estimate of drug-likeness (QED) is 0.0882. The number of amides is 2. The van der Waals surface area contributed by atoms with E-state index in [1.54, 1.807) is 37.3 Å². The molecule has 0 bridgehead atoms. The first-order valence-corrected chi connectivity index (χ1v) is 14.9. The lowest BCUT2D eigenvalue weighted by Gasteiger charge is -2.28. The average Bonchev–Trinajstić information content (AvgIpc) is 3.47. The SMILES string of the molecule is C=CCC(C(=O)N[C@@H](CO)c1ccccc1)C(=O)N[C@H](C)[C@@H](OC(=O)[C@H](CC=C)Cc1nc2ccccc2o1)c1ccccc1. The van der Waals surface area contributed by atoms with Crippen LogP contribution in [0.15, 0.2) is 115 Å². The Balaban J connectivity index is 1.50. The number of para-hydroxylation sites is 2. The van der Waals surface area contributed by atoms with E-state index in [1.807, 2.05) is 60.7 Å². The van der Waals surface area contributed by atoms with Gasteiger partial charge in [-0.15, -0.1) is 13.2 Å². The third-order valence-electron chi connectivity index (χ3n) is 7.48. The lowest BCUT2D eigenvalue weighted by molar-refractivity contribution is -0.157. The van der Waals surface area contributed by atoms with Gasteiger partial charge in [-0.2, -0.15) is 0 Å². The topological polar surface area (TPSA) is 131 Å². The molecule has 0 spiro atoms. The molecule has 234 valence electrons. The van der Waals surface area contributed by atoms with Gasteiger partial charge in [0.25, 0.3) is 0 Å². The van der Waals surface area contributed by atoms with Crippen LogP contribution in [0.5, 0.6) is 0 Å². The molecule has 9 nitrogen and oxygen atoms in total. The number of carbonyl (C=O) groups is 3. The summed E-state index contributed by atoms with van der Waals surface area (Å²) in [6.07, 6.45) is 2.88. The number of ether oxygens (including phenoxy) is 1. The van der Waals surface area contributed by atoms with Gasteiger partial charge in [0, 0.05) is 6.42 Å². The Kier molecular flexibility index (Phi) is 11.8. The number of nitrogens with zero attached hydrogens (tertiary/aromatic N) is 1. The van der Waals surface area contributed by atoms with Crippen molar-refractivity contribution >= 4 is 28.9 Å². The highest BCUT2D eigenvalue weighted by molar-refractivity contribution is 6.00. The van der Waals surface area contributed by atoms with Crippen LogP contribution in [0.25, 0.3) is 11.1 Å². The van der Waals surface area contributed by atoms with Gasteiger partial charge in [-0.05, 0) is 43.0 Å². The number of fused-ring (bicyclic) bond motifs is 1. The molecule has 3 N–H and O–H groups in total. The summed E-state index contributed by atoms with van der Waals surface area (Å²) < 4.78 is 11.9. The van der Waals surface area contributed by atoms with Crippen LogP contribution in [0.1, 0.15) is 48.9 Å². The molecule has 3 aromatic carbocycles. The number of carbonyl (C=O) groups excluding carboxylic acids is 3. The van der Waals surface area contributed by atoms with Crippen molar-refractivity contribution in [2.24, 2.45) is 11.8 Å². The molecule has 0 saturated carbocycles. The largest absolute Gasteiger partial charge is 0.455 e. The Hall–Kier alpha value is -5.02. The molecule has 0 fully saturated rings. The smallest absolute Gasteiger partial charge is 0.310 e. The fourth-order valence-corrected chi connectivity index (χ4v) is 5.10. The van der Waals surface area contributed by atoms with Crippen molar-refractivity contribution in [3.63, 3.8) is 0 Å². The number of hydrogen-bond acceptors (Lipinski definition) is 7. The molecule has 0 aliphatic carbocycles. The minimum Gasteiger partial charge on any atom is -0.455 e. The minimum absolute atomic E-state index is 0.0685. The second-order valence-electron chi connectivity index (χ2n) is 10.8. The van der Waals surface area contributed by atoms with Gasteiger partial charge in [0.05, 0.1) is 24.6 Å². The number of allylic oxidation sites excluding steroid dienone is 2. The van der Waals surface area contributed by atoms with Crippen molar-refractivity contribution < 1.29 is 28.6 Å². The van der Waals surface area contributed by atoms with E-state index in [-0.39, 0.29) is 19.4 Å². The van der Waals surface area contributed by atoms with Crippen molar-refractivity contribution in [2.45, 2.75) is 44.4 Å². The van der Waals surface area contributed by atoms with Gasteiger partial charge >= 0.3 is 5.97 Å². The maximum Gasteiger partial charge on any atom is 0.310 e. The van der Waals surface area contributed by atoms with E-state index in [0.717, 1.165) is 0 Å². The first-order valence-electron chi connectivity index (χ1n) is 14.9. The normalized spacial score (nSPS) is 14.4. The molecular formula is C36H39N3O6. The van der Waals surface area contributed by atoms with Gasteiger partial charge in [0.1, 0.15) is 17.5 Å². The second-order valence-corrected chi connectivity index (χ2v) is 10.8. The zero-order chi connectivity index (χ0) is 32.2. The summed E-state index contributed by atoms with van der Waals surface area (Å²) in [7, 11) is 0. The second kappa shape index (κ2) is 16.2. The molecule has 0 aliphatic rings. The monoisotopic (exact) mass is 609 g/mol. The van der Waals surface area contributed by atoms with Gasteiger partial charge in [0.2, 0.25) is 11.8 Å². The highest BCUT2D eigenvalue weighted by Gasteiger charge is 2.33. The average molecular weight is 610 g/mol. The lowest BCUT2D eigenvalue weighted by atomic mass is 9.98. The molecule has 1 aromatic heterocycles. The van der Waals surface area contributed by atoms with Crippen LogP contribution >= 0.6 is 0 Å². The standard InChI is InChI=1S/C36H39N3O6/c1-4-14-27(22-32-38-29-20-12-13-21-31(29)44-32)36(43)45-33(26-18-10-7-11-19-26)24(3)37-34(41)28(15-5-2)35(42)39-30(23-40)25-16-8-6-9-17-25/h4-13,16-21,24,27-28,30,33,40H,1-2,14-15,22-23H2,3H3,(H,37,41)(H,39,42)/t24-,27-,28?,30+,33-/m1/s1. The third-order valence-corrected chi connectivity index (χ3v) is 7.48. The molecule has 4 aromatic rings. The molecule has 4 rings (SSSR count). The van der Waals surface area contributed by atoms with E-state index in [1.165, 1.54) is 6.08 Å². The number of esters is 1. The number of rotatable bonds is 16. The summed E-state index contributed by atoms with van der Waals surface area (Å²) in [5, 5.41) is 15.6. The number of aromatic nitrogens is 1. The summed E-state index contributed by atoms with van der Waals surface area (Å²) in [5.41, 5.74) is 2.71. The summed E-state index contributed by atoms with van der Waals surface area (Å²) in [6.45, 7) is 8.89. The van der Waals surface area contributed by atoms with E-state index >= 15 is 0 Å². The number of benzene rings is 3. The van der Waals surface area contributed by atoms with Gasteiger partial charge in [-0.3, -0.25) is 14.4 Å². The summed E-state index contributed by atoms with van der Waals surface area (Å²) in [5.74, 6) is -2.95. The maximum atomic E-state index is 13.6. The van der Waals surface area contributed by atoms with Crippen LogP contribution in [0.3, 0.4) is 0 Å². The molecule has 2 amide bonds. The molecule has 45 heavy (non-hydrogen) atoms. The van der Waals surface area contributed by atoms with Crippen LogP contribution in [0.4, 0.5) is 0 Å². The van der Waals surface area contributed by atoms with E-state index in [0.29, 0.717) is 34.5 Å². The molecule has 0 radical (unpaired) electrons. The number of aliphatic hydroxyl groups excluding tert-OH is 1. The molecule has 5 atom stereocenters. The van der Waals surface area contributed by atoms with Crippen LogP contribution in [0, 0.1) is 11.8 Å². The number of hydrogen-bond donors (Lipinski definition) is 3. The Labute approximate surface area is 263 Å².